The van der Waals surface area contributed by atoms with Crippen LogP contribution in [0.3, 0.4) is 0 Å². The molecular weight excluding hydrogens is 138 g/mol. The van der Waals surface area contributed by atoms with Crippen molar-refractivity contribution in [1.29, 1.82) is 0 Å². The highest BCUT2D eigenvalue weighted by molar-refractivity contribution is 5.52. The summed E-state index contributed by atoms with van der Waals surface area (Å²) in [5.41, 5.74) is 1.25. The number of nitrogens with one attached hydrogen (secondary N) is 1. The summed E-state index contributed by atoms with van der Waals surface area (Å²) in [7, 11) is 1.94. The minimum atomic E-state index is 0.425. The summed E-state index contributed by atoms with van der Waals surface area (Å²) in [5, 5.41) is 9.39. The summed E-state index contributed by atoms with van der Waals surface area (Å²) < 4.78 is 0. The first kappa shape index (κ1) is 8.11. The van der Waals surface area contributed by atoms with E-state index in [1.54, 1.807) is 0 Å². The fourth-order valence-corrected chi connectivity index (χ4v) is 1.21. The molecule has 1 atom stereocenters. The molecule has 1 N–H and O–H groups in total. The van der Waals surface area contributed by atoms with E-state index >= 15 is 0 Å². The quantitative estimate of drug-likeness (QED) is 0.594. The highest BCUT2D eigenvalue weighted by Gasteiger charge is 2.17. The maximum absolute atomic E-state index is 4.22. The molecule has 0 radical (unpaired) electrons. The molecule has 0 saturated carbocycles. The highest BCUT2D eigenvalue weighted by atomic mass is 15.5. The second-order valence-corrected chi connectivity index (χ2v) is 2.65. The van der Waals surface area contributed by atoms with Gasteiger partial charge in [0.25, 0.3) is 0 Å². The van der Waals surface area contributed by atoms with E-state index in [1.165, 1.54) is 5.70 Å². The minimum absolute atomic E-state index is 0.425. The van der Waals surface area contributed by atoms with Crippen molar-refractivity contribution in [1.82, 2.24) is 10.3 Å². The van der Waals surface area contributed by atoms with Crippen LogP contribution < -0.4 is 5.32 Å². The van der Waals surface area contributed by atoms with Crippen molar-refractivity contribution in [3.05, 3.63) is 11.8 Å². The molecule has 1 aliphatic heterocycles. The Hall–Kier alpha value is -0.990. The van der Waals surface area contributed by atoms with Gasteiger partial charge in [-0.15, -0.1) is 0 Å². The highest BCUT2D eigenvalue weighted by Crippen LogP contribution is 2.13. The monoisotopic (exact) mass is 153 g/mol. The van der Waals surface area contributed by atoms with Crippen molar-refractivity contribution in [2.45, 2.75) is 19.9 Å². The summed E-state index contributed by atoms with van der Waals surface area (Å²) in [6, 6.07) is 0.425. The molecule has 1 unspecified atom stereocenters. The average Bonchev–Trinajstić information content (AvgIpc) is 2.33. The van der Waals surface area contributed by atoms with Crippen LogP contribution in [0.15, 0.2) is 16.9 Å². The van der Waals surface area contributed by atoms with Gasteiger partial charge in [0.15, 0.2) is 0 Å². The van der Waals surface area contributed by atoms with Gasteiger partial charge >= 0.3 is 0 Å². The molecule has 0 aliphatic carbocycles. The van der Waals surface area contributed by atoms with E-state index in [9.17, 15) is 0 Å². The van der Waals surface area contributed by atoms with Crippen LogP contribution in [0, 0.1) is 0 Å². The summed E-state index contributed by atoms with van der Waals surface area (Å²) >= 11 is 0. The van der Waals surface area contributed by atoms with Gasteiger partial charge in [-0.05, 0) is 19.9 Å². The Morgan fingerprint density at radius 3 is 3.00 bits per heavy atom. The van der Waals surface area contributed by atoms with Gasteiger partial charge in [0.05, 0.1) is 12.6 Å². The lowest BCUT2D eigenvalue weighted by molar-refractivity contribution is 0.298. The van der Waals surface area contributed by atoms with E-state index in [4.69, 9.17) is 0 Å². The smallest absolute Gasteiger partial charge is 0.0761 e. The molecule has 0 spiro atoms. The molecule has 62 valence electrons. The first-order valence-corrected chi connectivity index (χ1v) is 3.91. The average molecular weight is 153 g/mol. The van der Waals surface area contributed by atoms with Crippen LogP contribution in [0.5, 0.6) is 0 Å². The topological polar surface area (TPSA) is 27.6 Å². The van der Waals surface area contributed by atoms with E-state index in [1.807, 2.05) is 25.2 Å². The zero-order valence-electron chi connectivity index (χ0n) is 7.33. The Morgan fingerprint density at radius 2 is 2.55 bits per heavy atom. The van der Waals surface area contributed by atoms with E-state index in [-0.39, 0.29) is 0 Å². The maximum Gasteiger partial charge on any atom is 0.0761 e. The summed E-state index contributed by atoms with van der Waals surface area (Å²) in [4.78, 5) is 0. The molecule has 1 aliphatic rings. The van der Waals surface area contributed by atoms with E-state index in [2.05, 4.69) is 23.4 Å². The van der Waals surface area contributed by atoms with Gasteiger partial charge in [0.1, 0.15) is 0 Å². The minimum Gasteiger partial charge on any atom is -0.390 e. The van der Waals surface area contributed by atoms with Crippen LogP contribution in [0.25, 0.3) is 0 Å². The van der Waals surface area contributed by atoms with Crippen molar-refractivity contribution in [3.8, 4) is 0 Å². The predicted octanol–water partition coefficient (Wildman–Crippen LogP) is 0.800. The van der Waals surface area contributed by atoms with Crippen molar-refractivity contribution in [2.24, 2.45) is 5.10 Å². The third-order valence-corrected chi connectivity index (χ3v) is 1.83. The van der Waals surface area contributed by atoms with Gasteiger partial charge in [-0.2, -0.15) is 5.10 Å². The van der Waals surface area contributed by atoms with Crippen LogP contribution in [0.4, 0.5) is 0 Å². The van der Waals surface area contributed by atoms with Crippen LogP contribution >= 0.6 is 0 Å². The summed E-state index contributed by atoms with van der Waals surface area (Å²) in [6.07, 6.45) is 4.01. The molecule has 0 aromatic carbocycles. The van der Waals surface area contributed by atoms with Crippen LogP contribution in [-0.2, 0) is 0 Å². The maximum atomic E-state index is 4.22. The zero-order valence-corrected chi connectivity index (χ0v) is 7.33. The molecule has 3 heteroatoms. The molecule has 11 heavy (non-hydrogen) atoms. The van der Waals surface area contributed by atoms with Crippen molar-refractivity contribution < 1.29 is 0 Å². The first-order valence-electron chi connectivity index (χ1n) is 3.91. The van der Waals surface area contributed by atoms with Crippen LogP contribution in [0.1, 0.15) is 13.8 Å². The second-order valence-electron chi connectivity index (χ2n) is 2.65. The van der Waals surface area contributed by atoms with Gasteiger partial charge in [-0.3, -0.25) is 5.01 Å². The normalized spacial score (nSPS) is 24.5. The predicted molar refractivity (Wildman–Crippen MR) is 47.5 cm³/mol. The Bertz CT molecular complexity index is 184. The Morgan fingerprint density at radius 1 is 1.82 bits per heavy atom. The van der Waals surface area contributed by atoms with Gasteiger partial charge in [-0.25, -0.2) is 0 Å². The van der Waals surface area contributed by atoms with Gasteiger partial charge in [-0.1, -0.05) is 0 Å². The number of hydrogen-bond acceptors (Lipinski definition) is 3. The molecule has 0 bridgehead atoms. The number of rotatable bonds is 2. The van der Waals surface area contributed by atoms with Gasteiger partial charge in [0, 0.05) is 19.0 Å². The standard InChI is InChI=1S/C8H15N3/c1-4-10-11-6-8(9-3)5-7(11)2/h4-5,7,9H,6H2,1-3H3/b10-4-. The lowest BCUT2D eigenvalue weighted by atomic mass is 10.3. The molecule has 0 aromatic heterocycles. The van der Waals surface area contributed by atoms with Crippen molar-refractivity contribution in [3.63, 3.8) is 0 Å². The first-order chi connectivity index (χ1) is 5.27. The Labute approximate surface area is 67.8 Å². The molecule has 0 amide bonds. The molecule has 0 fully saturated rings. The largest absolute Gasteiger partial charge is 0.390 e. The number of likely N-dealkylation sites (N-methyl/N-ethyl adjacent to an activating group) is 1. The lowest BCUT2D eigenvalue weighted by Gasteiger charge is -2.16. The van der Waals surface area contributed by atoms with Crippen molar-refractivity contribution >= 4 is 6.21 Å². The van der Waals surface area contributed by atoms with Crippen molar-refractivity contribution in [2.75, 3.05) is 13.6 Å². The summed E-state index contributed by atoms with van der Waals surface area (Å²) in [5.74, 6) is 0. The fourth-order valence-electron chi connectivity index (χ4n) is 1.21. The van der Waals surface area contributed by atoms with E-state index < -0.39 is 0 Å². The van der Waals surface area contributed by atoms with Crippen LogP contribution in [0.2, 0.25) is 0 Å². The van der Waals surface area contributed by atoms with Gasteiger partial charge < -0.3 is 5.32 Å². The second kappa shape index (κ2) is 3.42. The number of nitrogens with zero attached hydrogens (tertiary/aromatic N) is 2. The number of hydrazone groups is 1. The number of hydrogen-bond donors (Lipinski definition) is 1. The molecular formula is C8H15N3. The Balaban J connectivity index is 2.54. The van der Waals surface area contributed by atoms with Gasteiger partial charge in [0.2, 0.25) is 0 Å². The van der Waals surface area contributed by atoms with Crippen LogP contribution in [-0.4, -0.2) is 30.9 Å². The molecule has 1 heterocycles. The zero-order chi connectivity index (χ0) is 8.27. The lowest BCUT2D eigenvalue weighted by Crippen LogP contribution is -2.23. The molecule has 1 rings (SSSR count). The molecule has 0 aromatic rings. The summed E-state index contributed by atoms with van der Waals surface area (Å²) in [6.45, 7) is 4.98. The SMILES string of the molecule is C/C=N\N1CC(NC)=CC1C. The third-order valence-electron chi connectivity index (χ3n) is 1.83. The fraction of sp³-hybridized carbons (Fsp3) is 0.625. The Kier molecular flexibility index (Phi) is 2.52. The third kappa shape index (κ3) is 1.73. The van der Waals surface area contributed by atoms with E-state index in [0.29, 0.717) is 6.04 Å². The van der Waals surface area contributed by atoms with E-state index in [0.717, 1.165) is 6.54 Å². The molecule has 0 saturated heterocycles. The molecule has 3 nitrogen and oxygen atoms in total.